The molecule has 1 fully saturated rings. The summed E-state index contributed by atoms with van der Waals surface area (Å²) in [6.45, 7) is 0. The minimum Gasteiger partial charge on any atom is -0.401 e. The van der Waals surface area contributed by atoms with Gasteiger partial charge in [0.2, 0.25) is 0 Å². The lowest BCUT2D eigenvalue weighted by atomic mass is 9.94. The molecule has 42 heavy (non-hydrogen) atoms. The Bertz CT molecular complexity index is 1980. The van der Waals surface area contributed by atoms with Gasteiger partial charge in [-0.05, 0) is 65.6 Å². The zero-order valence-corrected chi connectivity index (χ0v) is 23.2. The number of nitrogens with zero attached hydrogens (tertiary/aromatic N) is 1. The number of para-hydroxylation sites is 3. The van der Waals surface area contributed by atoms with E-state index < -0.39 is 0 Å². The van der Waals surface area contributed by atoms with Gasteiger partial charge in [0, 0.05) is 39.4 Å². The van der Waals surface area contributed by atoms with Crippen molar-refractivity contribution < 1.29 is 0 Å². The summed E-state index contributed by atoms with van der Waals surface area (Å²) in [5, 5.41) is 9.87. The fraction of sp³-hybridized carbons (Fsp3) is 0.105. The summed E-state index contributed by atoms with van der Waals surface area (Å²) in [5.74, 6) is 0. The van der Waals surface area contributed by atoms with E-state index in [2.05, 4.69) is 149 Å². The second-order valence-corrected chi connectivity index (χ2v) is 11.3. The minimum atomic E-state index is 0.125. The van der Waals surface area contributed by atoms with Crippen LogP contribution in [0.25, 0.3) is 38.6 Å². The van der Waals surface area contributed by atoms with E-state index in [-0.39, 0.29) is 12.1 Å². The second-order valence-electron chi connectivity index (χ2n) is 11.3. The van der Waals surface area contributed by atoms with Crippen LogP contribution in [-0.2, 0) is 6.42 Å². The fourth-order valence-electron chi connectivity index (χ4n) is 6.56. The van der Waals surface area contributed by atoms with Gasteiger partial charge >= 0.3 is 0 Å². The van der Waals surface area contributed by atoms with Crippen LogP contribution in [0.5, 0.6) is 0 Å². The Morgan fingerprint density at radius 3 is 2.33 bits per heavy atom. The number of fused-ring (bicyclic) bond motifs is 6. The summed E-state index contributed by atoms with van der Waals surface area (Å²) < 4.78 is 2.40. The van der Waals surface area contributed by atoms with Crippen LogP contribution in [0.1, 0.15) is 17.2 Å². The van der Waals surface area contributed by atoms with E-state index in [9.17, 15) is 0 Å². The lowest BCUT2D eigenvalue weighted by molar-refractivity contribution is 0.874. The van der Waals surface area contributed by atoms with E-state index in [4.69, 9.17) is 5.73 Å². The second kappa shape index (κ2) is 10.1. The first-order valence-electron chi connectivity index (χ1n) is 14.7. The maximum Gasteiger partial charge on any atom is 0.0670 e. The zero-order valence-electron chi connectivity index (χ0n) is 23.2. The smallest absolute Gasteiger partial charge is 0.0670 e. The van der Waals surface area contributed by atoms with Crippen molar-refractivity contribution >= 4 is 27.5 Å². The maximum absolute atomic E-state index is 6.50. The predicted molar refractivity (Wildman–Crippen MR) is 175 cm³/mol. The highest BCUT2D eigenvalue weighted by Crippen LogP contribution is 2.41. The van der Waals surface area contributed by atoms with Crippen molar-refractivity contribution in [3.8, 4) is 16.8 Å². The largest absolute Gasteiger partial charge is 0.401 e. The van der Waals surface area contributed by atoms with Crippen molar-refractivity contribution in [1.82, 2.24) is 9.88 Å². The monoisotopic (exact) mass is 544 g/mol. The van der Waals surface area contributed by atoms with Crippen molar-refractivity contribution in [3.05, 3.63) is 156 Å². The molecule has 1 saturated heterocycles. The van der Waals surface area contributed by atoms with Crippen LogP contribution in [0.2, 0.25) is 0 Å². The molecule has 1 aromatic heterocycles. The van der Waals surface area contributed by atoms with Crippen molar-refractivity contribution in [2.75, 3.05) is 5.32 Å². The highest BCUT2D eigenvalue weighted by atomic mass is 15.2. The lowest BCUT2D eigenvalue weighted by Gasteiger charge is -2.14. The molecule has 0 bridgehead atoms. The summed E-state index contributed by atoms with van der Waals surface area (Å²) in [5.41, 5.74) is 17.3. The van der Waals surface area contributed by atoms with E-state index in [1.54, 1.807) is 0 Å². The van der Waals surface area contributed by atoms with Crippen LogP contribution >= 0.6 is 0 Å². The molecule has 0 radical (unpaired) electrons. The molecule has 204 valence electrons. The van der Waals surface area contributed by atoms with E-state index in [1.165, 1.54) is 49.7 Å². The molecule has 2 aliphatic rings. The zero-order chi connectivity index (χ0) is 28.0. The van der Waals surface area contributed by atoms with Gasteiger partial charge in [-0.1, -0.05) is 97.1 Å². The Kier molecular flexibility index (Phi) is 5.94. The normalized spacial score (nSPS) is 19.8. The fourth-order valence-corrected chi connectivity index (χ4v) is 6.56. The molecule has 4 heteroatoms. The number of rotatable bonds is 5. The summed E-state index contributed by atoms with van der Waals surface area (Å²) in [4.78, 5) is 0. The maximum atomic E-state index is 6.50. The average Bonchev–Trinajstić information content (AvgIpc) is 3.80. The Hall–Kier alpha value is -5.06. The summed E-state index contributed by atoms with van der Waals surface area (Å²) in [6, 6.07) is 44.0. The topological polar surface area (TPSA) is 64.9 Å². The van der Waals surface area contributed by atoms with Gasteiger partial charge in [-0.15, -0.1) is 0 Å². The summed E-state index contributed by atoms with van der Waals surface area (Å²) in [7, 11) is 0. The van der Waals surface area contributed by atoms with Gasteiger partial charge in [-0.2, -0.15) is 0 Å². The van der Waals surface area contributed by atoms with Gasteiger partial charge in [0.05, 0.1) is 23.1 Å². The first-order valence-corrected chi connectivity index (χ1v) is 14.7. The van der Waals surface area contributed by atoms with Crippen molar-refractivity contribution in [3.63, 3.8) is 0 Å². The Labute approximate surface area is 245 Å². The molecule has 4 nitrogen and oxygen atoms in total. The number of nitrogens with two attached hydrogens (primary N) is 1. The molecule has 0 saturated carbocycles. The van der Waals surface area contributed by atoms with E-state index in [0.717, 1.165) is 17.8 Å². The number of anilines is 1. The van der Waals surface area contributed by atoms with Crippen LogP contribution < -0.4 is 16.4 Å². The van der Waals surface area contributed by atoms with Crippen LogP contribution in [0.3, 0.4) is 0 Å². The molecule has 0 aliphatic carbocycles. The number of hydrogen-bond acceptors (Lipinski definition) is 3. The Balaban J connectivity index is 1.18. The van der Waals surface area contributed by atoms with E-state index in [0.29, 0.717) is 6.04 Å². The molecular weight excluding hydrogens is 512 g/mol. The van der Waals surface area contributed by atoms with E-state index >= 15 is 0 Å². The van der Waals surface area contributed by atoms with Gasteiger partial charge in [0.15, 0.2) is 0 Å². The van der Waals surface area contributed by atoms with Crippen molar-refractivity contribution in [2.45, 2.75) is 24.5 Å². The van der Waals surface area contributed by atoms with Gasteiger partial charge in [-0.25, -0.2) is 0 Å². The van der Waals surface area contributed by atoms with Gasteiger partial charge < -0.3 is 15.6 Å². The summed E-state index contributed by atoms with van der Waals surface area (Å²) in [6.07, 6.45) is 7.28. The highest BCUT2D eigenvalue weighted by Gasteiger charge is 2.38. The molecule has 3 unspecified atom stereocenters. The SMILES string of the molecule is N/C(=C\C=C/C1Cc2cc3c(cc2-c2ccccc2N1)c1ccccc1n3-c1ccccc1)C1NC1c1ccccc1. The quantitative estimate of drug-likeness (QED) is 0.153. The third kappa shape index (κ3) is 4.28. The molecule has 2 aliphatic heterocycles. The molecular formula is C38H32N4. The lowest BCUT2D eigenvalue weighted by Crippen LogP contribution is -2.18. The number of nitrogens with one attached hydrogen (secondary N) is 2. The van der Waals surface area contributed by atoms with Crippen molar-refractivity contribution in [1.29, 1.82) is 0 Å². The first kappa shape index (κ1) is 24.7. The van der Waals surface area contributed by atoms with Gasteiger partial charge in [-0.3, -0.25) is 5.32 Å². The highest BCUT2D eigenvalue weighted by molar-refractivity contribution is 6.11. The third-order valence-electron chi connectivity index (χ3n) is 8.64. The molecule has 3 heterocycles. The van der Waals surface area contributed by atoms with Crippen LogP contribution in [0, 0.1) is 0 Å². The van der Waals surface area contributed by atoms with Crippen LogP contribution in [0.15, 0.2) is 145 Å². The van der Waals surface area contributed by atoms with Crippen molar-refractivity contribution in [2.24, 2.45) is 5.73 Å². The third-order valence-corrected chi connectivity index (χ3v) is 8.64. The molecule has 4 N–H and O–H groups in total. The minimum absolute atomic E-state index is 0.125. The van der Waals surface area contributed by atoms with Gasteiger partial charge in [0.1, 0.15) is 0 Å². The molecule has 6 aromatic rings. The molecule has 8 rings (SSSR count). The number of benzene rings is 5. The predicted octanol–water partition coefficient (Wildman–Crippen LogP) is 7.90. The Morgan fingerprint density at radius 2 is 1.48 bits per heavy atom. The number of aromatic nitrogens is 1. The first-order chi connectivity index (χ1) is 20.7. The molecule has 3 atom stereocenters. The Morgan fingerprint density at radius 1 is 0.738 bits per heavy atom. The standard InChI is InChI=1S/C38H32N4/c39-33(38-37(41-38)25-12-3-1-4-13-25)19-11-14-27-22-26-23-36-32(24-31(26)29-17-7-9-20-34(29)40-27)30-18-8-10-21-35(30)42(36)28-15-5-2-6-16-28/h1-21,23-24,27,37-38,40-41H,22,39H2/b14-11-,33-19-. The van der Waals surface area contributed by atoms with Crippen LogP contribution in [-0.4, -0.2) is 16.7 Å². The van der Waals surface area contributed by atoms with E-state index in [1.807, 2.05) is 6.07 Å². The molecule has 0 spiro atoms. The summed E-state index contributed by atoms with van der Waals surface area (Å²) >= 11 is 0. The number of allylic oxidation sites excluding steroid dienone is 2. The average molecular weight is 545 g/mol. The van der Waals surface area contributed by atoms with Gasteiger partial charge in [0.25, 0.3) is 0 Å². The molecule has 0 amide bonds. The molecule has 5 aromatic carbocycles. The number of hydrogen-bond donors (Lipinski definition) is 3. The van der Waals surface area contributed by atoms with Crippen LogP contribution in [0.4, 0.5) is 5.69 Å².